The molecule has 1 saturated carbocycles. The van der Waals surface area contributed by atoms with Crippen molar-refractivity contribution in [1.82, 2.24) is 9.97 Å². The number of fused-ring (bicyclic) bond motifs is 1. The Morgan fingerprint density at radius 3 is 3.08 bits per heavy atom. The first-order valence-electron chi connectivity index (χ1n) is 4.34. The minimum Gasteiger partial charge on any atom is -0.425 e. The molecule has 4 heteroatoms. The number of hydrogen-bond donors (Lipinski definition) is 1. The fourth-order valence-electron chi connectivity index (χ4n) is 1.51. The van der Waals surface area contributed by atoms with Crippen LogP contribution >= 0.6 is 0 Å². The maximum atomic E-state index is 5.84. The normalized spacial score (nSPS) is 16.6. The molecule has 0 aromatic carbocycles. The van der Waals surface area contributed by atoms with Crippen LogP contribution in [0.25, 0.3) is 11.2 Å². The van der Waals surface area contributed by atoms with Crippen LogP contribution in [0.3, 0.4) is 0 Å². The van der Waals surface area contributed by atoms with E-state index in [-0.39, 0.29) is 0 Å². The molecule has 3 rings (SSSR count). The van der Waals surface area contributed by atoms with E-state index in [1.54, 1.807) is 0 Å². The largest absolute Gasteiger partial charge is 0.425 e. The zero-order valence-electron chi connectivity index (χ0n) is 7.03. The van der Waals surface area contributed by atoms with E-state index in [1.807, 2.05) is 6.07 Å². The van der Waals surface area contributed by atoms with E-state index in [2.05, 4.69) is 9.97 Å². The summed E-state index contributed by atoms with van der Waals surface area (Å²) in [5, 5.41) is 0. The van der Waals surface area contributed by atoms with Crippen LogP contribution in [0.5, 0.6) is 0 Å². The van der Waals surface area contributed by atoms with Crippen molar-refractivity contribution in [3.8, 4) is 0 Å². The number of oxazole rings is 1. The molecule has 13 heavy (non-hydrogen) atoms. The zero-order chi connectivity index (χ0) is 8.84. The Labute approximate surface area is 74.8 Å². The van der Waals surface area contributed by atoms with Crippen molar-refractivity contribution >= 4 is 16.9 Å². The van der Waals surface area contributed by atoms with Gasteiger partial charge >= 0.3 is 0 Å². The SMILES string of the molecule is Nc1cc2ncoc2nc1C1CC1. The van der Waals surface area contributed by atoms with Gasteiger partial charge in [0.15, 0.2) is 6.39 Å². The number of aromatic nitrogens is 2. The zero-order valence-corrected chi connectivity index (χ0v) is 7.03. The van der Waals surface area contributed by atoms with Gasteiger partial charge in [-0.25, -0.2) is 9.97 Å². The molecule has 0 saturated heterocycles. The molecule has 0 atom stereocenters. The molecule has 4 nitrogen and oxygen atoms in total. The molecule has 0 spiro atoms. The summed E-state index contributed by atoms with van der Waals surface area (Å²) < 4.78 is 5.11. The van der Waals surface area contributed by atoms with Crippen LogP contribution in [0, 0.1) is 0 Å². The summed E-state index contributed by atoms with van der Waals surface area (Å²) in [7, 11) is 0. The Morgan fingerprint density at radius 1 is 1.46 bits per heavy atom. The Kier molecular flexibility index (Phi) is 1.17. The molecular formula is C9H9N3O. The molecule has 2 N–H and O–H groups in total. The lowest BCUT2D eigenvalue weighted by Crippen LogP contribution is -1.95. The molecule has 2 heterocycles. The average Bonchev–Trinajstić information content (AvgIpc) is 2.85. The topological polar surface area (TPSA) is 64.9 Å². The van der Waals surface area contributed by atoms with Gasteiger partial charge in [0.2, 0.25) is 5.71 Å². The molecule has 0 radical (unpaired) electrons. The first-order valence-corrected chi connectivity index (χ1v) is 4.34. The molecule has 0 amide bonds. The second-order valence-electron chi connectivity index (χ2n) is 3.41. The Hall–Kier alpha value is -1.58. The lowest BCUT2D eigenvalue weighted by atomic mass is 10.2. The van der Waals surface area contributed by atoms with Gasteiger partial charge < -0.3 is 10.2 Å². The van der Waals surface area contributed by atoms with Crippen molar-refractivity contribution in [2.45, 2.75) is 18.8 Å². The third-order valence-electron chi connectivity index (χ3n) is 2.35. The lowest BCUT2D eigenvalue weighted by molar-refractivity contribution is 0.589. The Bertz CT molecular complexity index is 459. The standard InChI is InChI=1S/C9H9N3O/c10-6-3-7-9(13-4-11-7)12-8(6)5-1-2-5/h3-5H,1-2,10H2. The number of anilines is 1. The van der Waals surface area contributed by atoms with Gasteiger partial charge in [-0.2, -0.15) is 0 Å². The van der Waals surface area contributed by atoms with Gasteiger partial charge in [0.25, 0.3) is 0 Å². The third-order valence-corrected chi connectivity index (χ3v) is 2.35. The molecule has 0 unspecified atom stereocenters. The van der Waals surface area contributed by atoms with E-state index < -0.39 is 0 Å². The van der Waals surface area contributed by atoms with Crippen LogP contribution in [0.15, 0.2) is 16.9 Å². The van der Waals surface area contributed by atoms with Gasteiger partial charge in [0.05, 0.1) is 11.4 Å². The number of nitrogen functional groups attached to an aromatic ring is 1. The second-order valence-corrected chi connectivity index (χ2v) is 3.41. The van der Waals surface area contributed by atoms with E-state index in [1.165, 1.54) is 19.2 Å². The number of rotatable bonds is 1. The highest BCUT2D eigenvalue weighted by molar-refractivity contribution is 5.73. The van der Waals surface area contributed by atoms with Crippen molar-refractivity contribution in [3.05, 3.63) is 18.2 Å². The maximum Gasteiger partial charge on any atom is 0.247 e. The predicted molar refractivity (Wildman–Crippen MR) is 48.2 cm³/mol. The number of nitrogens with two attached hydrogens (primary N) is 1. The Balaban J connectivity index is 2.27. The molecule has 2 aromatic rings. The number of nitrogens with zero attached hydrogens (tertiary/aromatic N) is 2. The summed E-state index contributed by atoms with van der Waals surface area (Å²) in [6.07, 6.45) is 3.78. The van der Waals surface area contributed by atoms with Crippen LogP contribution in [0.2, 0.25) is 0 Å². The first kappa shape index (κ1) is 6.88. The minimum atomic E-state index is 0.550. The molecule has 2 aromatic heterocycles. The highest BCUT2D eigenvalue weighted by atomic mass is 16.3. The summed E-state index contributed by atoms with van der Waals surface area (Å²) in [6.45, 7) is 0. The number of pyridine rings is 1. The number of hydrogen-bond acceptors (Lipinski definition) is 4. The first-order chi connectivity index (χ1) is 6.34. The fraction of sp³-hybridized carbons (Fsp3) is 0.333. The summed E-state index contributed by atoms with van der Waals surface area (Å²) in [5.74, 6) is 0.550. The van der Waals surface area contributed by atoms with Crippen LogP contribution < -0.4 is 5.73 Å². The van der Waals surface area contributed by atoms with Gasteiger partial charge in [0, 0.05) is 5.92 Å². The second kappa shape index (κ2) is 2.22. The van der Waals surface area contributed by atoms with Crippen molar-refractivity contribution in [2.24, 2.45) is 0 Å². The summed E-state index contributed by atoms with van der Waals surface area (Å²) in [5.41, 5.74) is 8.89. The quantitative estimate of drug-likeness (QED) is 0.716. The maximum absolute atomic E-state index is 5.84. The Morgan fingerprint density at radius 2 is 2.31 bits per heavy atom. The molecule has 1 aliphatic carbocycles. The van der Waals surface area contributed by atoms with Gasteiger partial charge in [-0.15, -0.1) is 0 Å². The summed E-state index contributed by atoms with van der Waals surface area (Å²) in [6, 6.07) is 1.83. The van der Waals surface area contributed by atoms with Crippen molar-refractivity contribution in [2.75, 3.05) is 5.73 Å². The molecule has 1 fully saturated rings. The summed E-state index contributed by atoms with van der Waals surface area (Å²) >= 11 is 0. The van der Waals surface area contributed by atoms with Crippen molar-refractivity contribution in [1.29, 1.82) is 0 Å². The van der Waals surface area contributed by atoms with Crippen LogP contribution in [-0.2, 0) is 0 Å². The van der Waals surface area contributed by atoms with E-state index in [4.69, 9.17) is 10.2 Å². The van der Waals surface area contributed by atoms with Crippen LogP contribution in [0.4, 0.5) is 5.69 Å². The smallest absolute Gasteiger partial charge is 0.247 e. The van der Waals surface area contributed by atoms with E-state index in [0.29, 0.717) is 11.6 Å². The molecule has 0 bridgehead atoms. The van der Waals surface area contributed by atoms with Crippen LogP contribution in [0.1, 0.15) is 24.5 Å². The summed E-state index contributed by atoms with van der Waals surface area (Å²) in [4.78, 5) is 8.33. The van der Waals surface area contributed by atoms with E-state index >= 15 is 0 Å². The molecule has 66 valence electrons. The van der Waals surface area contributed by atoms with Crippen LogP contribution in [-0.4, -0.2) is 9.97 Å². The minimum absolute atomic E-state index is 0.550. The third kappa shape index (κ3) is 0.983. The van der Waals surface area contributed by atoms with Crippen molar-refractivity contribution in [3.63, 3.8) is 0 Å². The lowest BCUT2D eigenvalue weighted by Gasteiger charge is -2.00. The highest BCUT2D eigenvalue weighted by Crippen LogP contribution is 2.42. The van der Waals surface area contributed by atoms with E-state index in [9.17, 15) is 0 Å². The monoisotopic (exact) mass is 175 g/mol. The fourth-order valence-corrected chi connectivity index (χ4v) is 1.51. The van der Waals surface area contributed by atoms with Gasteiger partial charge in [0.1, 0.15) is 5.52 Å². The molecule has 1 aliphatic rings. The van der Waals surface area contributed by atoms with Gasteiger partial charge in [-0.1, -0.05) is 0 Å². The highest BCUT2D eigenvalue weighted by Gasteiger charge is 2.27. The molecule has 0 aliphatic heterocycles. The predicted octanol–water partition coefficient (Wildman–Crippen LogP) is 1.68. The molecular weight excluding hydrogens is 166 g/mol. The van der Waals surface area contributed by atoms with Gasteiger partial charge in [-0.3, -0.25) is 0 Å². The van der Waals surface area contributed by atoms with Gasteiger partial charge in [-0.05, 0) is 18.9 Å². The van der Waals surface area contributed by atoms with Crippen molar-refractivity contribution < 1.29 is 4.42 Å². The van der Waals surface area contributed by atoms with E-state index in [0.717, 1.165) is 16.9 Å². The average molecular weight is 175 g/mol.